The molecule has 0 fully saturated rings. The highest BCUT2D eigenvalue weighted by atomic mass is 19.3. The minimum atomic E-state index is -2.65. The van der Waals surface area contributed by atoms with Crippen molar-refractivity contribution in [3.05, 3.63) is 83.6 Å². The summed E-state index contributed by atoms with van der Waals surface area (Å²) in [5, 5.41) is 7.92. The second-order valence-corrected chi connectivity index (χ2v) is 5.78. The van der Waals surface area contributed by atoms with Gasteiger partial charge in [0.2, 0.25) is 5.88 Å². The van der Waals surface area contributed by atoms with Gasteiger partial charge < -0.3 is 9.57 Å². The van der Waals surface area contributed by atoms with E-state index < -0.39 is 6.43 Å². The fourth-order valence-electron chi connectivity index (χ4n) is 2.41. The first-order valence-corrected chi connectivity index (χ1v) is 8.36. The van der Waals surface area contributed by atoms with Crippen molar-refractivity contribution < 1.29 is 18.4 Å². The zero-order valence-electron chi connectivity index (χ0n) is 14.8. The number of aryl methyl sites for hydroxylation is 1. The fourth-order valence-corrected chi connectivity index (χ4v) is 2.41. The van der Waals surface area contributed by atoms with Crippen LogP contribution in [0.25, 0.3) is 0 Å². The van der Waals surface area contributed by atoms with E-state index >= 15 is 0 Å². The highest BCUT2D eigenvalue weighted by Gasteiger charge is 2.15. The van der Waals surface area contributed by atoms with Crippen molar-refractivity contribution in [2.45, 2.75) is 13.0 Å². The maximum Gasteiger partial charge on any atom is 0.282 e. The van der Waals surface area contributed by atoms with E-state index in [1.54, 1.807) is 7.05 Å². The van der Waals surface area contributed by atoms with Crippen molar-refractivity contribution in [2.24, 2.45) is 12.2 Å². The van der Waals surface area contributed by atoms with E-state index in [0.29, 0.717) is 12.3 Å². The summed E-state index contributed by atoms with van der Waals surface area (Å²) in [6.07, 6.45) is -2.65. The van der Waals surface area contributed by atoms with Crippen LogP contribution in [-0.4, -0.2) is 22.1 Å². The second-order valence-electron chi connectivity index (χ2n) is 5.78. The second kappa shape index (κ2) is 8.93. The molecule has 1 aromatic heterocycles. The van der Waals surface area contributed by atoms with Crippen LogP contribution in [0.2, 0.25) is 0 Å². The van der Waals surface area contributed by atoms with Gasteiger partial charge in [0.1, 0.15) is 24.6 Å². The van der Waals surface area contributed by atoms with Crippen LogP contribution >= 0.6 is 0 Å². The Hall–Kier alpha value is -3.22. The molecule has 27 heavy (non-hydrogen) atoms. The highest BCUT2D eigenvalue weighted by molar-refractivity contribution is 6.01. The lowest BCUT2D eigenvalue weighted by Gasteiger charge is -2.09. The van der Waals surface area contributed by atoms with Crippen molar-refractivity contribution in [3.63, 3.8) is 0 Å². The van der Waals surface area contributed by atoms with E-state index in [0.717, 1.165) is 11.1 Å². The number of halogens is 2. The topological polar surface area (TPSA) is 48.6 Å². The largest absolute Gasteiger partial charge is 0.471 e. The van der Waals surface area contributed by atoms with Crippen molar-refractivity contribution in [3.8, 4) is 5.88 Å². The van der Waals surface area contributed by atoms with Crippen LogP contribution in [0, 0.1) is 0 Å². The zero-order valence-corrected chi connectivity index (χ0v) is 14.8. The number of hydrogen-bond donors (Lipinski definition) is 0. The normalized spacial score (nSPS) is 11.6. The Labute approximate surface area is 155 Å². The molecule has 0 bridgehead atoms. The summed E-state index contributed by atoms with van der Waals surface area (Å²) in [4.78, 5) is 5.46. The summed E-state index contributed by atoms with van der Waals surface area (Å²) >= 11 is 0. The predicted octanol–water partition coefficient (Wildman–Crippen LogP) is 4.36. The van der Waals surface area contributed by atoms with Crippen molar-refractivity contribution in [1.29, 1.82) is 0 Å². The first-order chi connectivity index (χ1) is 13.1. The Morgan fingerprint density at radius 2 is 1.74 bits per heavy atom. The molecule has 0 radical (unpaired) electrons. The van der Waals surface area contributed by atoms with Crippen LogP contribution < -0.4 is 4.74 Å². The molecule has 0 amide bonds. The summed E-state index contributed by atoms with van der Waals surface area (Å²) < 4.78 is 32.5. The summed E-state index contributed by atoms with van der Waals surface area (Å²) in [7, 11) is 1.55. The van der Waals surface area contributed by atoms with Gasteiger partial charge in [-0.1, -0.05) is 65.8 Å². The third-order valence-corrected chi connectivity index (χ3v) is 3.79. The van der Waals surface area contributed by atoms with Gasteiger partial charge in [-0.3, -0.25) is 0 Å². The number of hydrogen-bond acceptors (Lipinski definition) is 4. The lowest BCUT2D eigenvalue weighted by Crippen LogP contribution is -2.15. The molecule has 1 heterocycles. The average molecular weight is 371 g/mol. The molecule has 2 aromatic carbocycles. The molecule has 3 aromatic rings. The number of oxime groups is 1. The van der Waals surface area contributed by atoms with Crippen LogP contribution in [-0.2, 0) is 18.5 Å². The first-order valence-electron chi connectivity index (χ1n) is 8.36. The minimum absolute atomic E-state index is 0.0566. The van der Waals surface area contributed by atoms with Crippen molar-refractivity contribution >= 4 is 5.71 Å². The predicted molar refractivity (Wildman–Crippen MR) is 97.9 cm³/mol. The molecule has 0 unspecified atom stereocenters. The quantitative estimate of drug-likeness (QED) is 0.437. The molecule has 0 atom stereocenters. The summed E-state index contributed by atoms with van der Waals surface area (Å²) in [6.45, 7) is 0.374. The Bertz CT molecular complexity index is 881. The molecule has 0 aliphatic carbocycles. The molecule has 140 valence electrons. The smallest absolute Gasteiger partial charge is 0.282 e. The minimum Gasteiger partial charge on any atom is -0.471 e. The summed E-state index contributed by atoms with van der Waals surface area (Å²) in [6, 6.07) is 20.3. The van der Waals surface area contributed by atoms with E-state index in [2.05, 4.69) is 10.3 Å². The molecule has 0 spiro atoms. The van der Waals surface area contributed by atoms with Gasteiger partial charge in [-0.25, -0.2) is 13.5 Å². The van der Waals surface area contributed by atoms with Crippen LogP contribution in [0.15, 0.2) is 71.9 Å². The van der Waals surface area contributed by atoms with Gasteiger partial charge >= 0.3 is 0 Å². The van der Waals surface area contributed by atoms with Crippen LogP contribution in [0.4, 0.5) is 8.78 Å². The Kier molecular flexibility index (Phi) is 6.14. The summed E-state index contributed by atoms with van der Waals surface area (Å²) in [5.41, 5.74) is 2.03. The number of aromatic nitrogens is 2. The number of ether oxygens (including phenoxy) is 1. The van der Waals surface area contributed by atoms with Gasteiger partial charge in [0.15, 0.2) is 0 Å². The Balaban J connectivity index is 1.71. The first kappa shape index (κ1) is 18.6. The standard InChI is InChI=1S/C20H19F2N3O2/c1-25-19(12-17(23-25)20(21)22)26-14-18(16-10-6-3-7-11-16)24-27-13-15-8-4-2-5-9-15/h2-12,20H,13-14H2,1H3. The fraction of sp³-hybridized carbons (Fsp3) is 0.200. The van der Waals surface area contributed by atoms with E-state index in [9.17, 15) is 8.78 Å². The molecule has 0 N–H and O–H groups in total. The van der Waals surface area contributed by atoms with E-state index in [4.69, 9.17) is 9.57 Å². The number of rotatable bonds is 8. The molecule has 0 aliphatic heterocycles. The zero-order chi connectivity index (χ0) is 19.1. The molecular formula is C20H19F2N3O2. The van der Waals surface area contributed by atoms with Gasteiger partial charge in [0.25, 0.3) is 6.43 Å². The maximum absolute atomic E-state index is 12.8. The molecule has 0 saturated carbocycles. The molecule has 7 heteroatoms. The summed E-state index contributed by atoms with van der Waals surface area (Å²) in [5.74, 6) is 0.233. The van der Waals surface area contributed by atoms with Gasteiger partial charge in [0, 0.05) is 18.7 Å². The Morgan fingerprint density at radius 3 is 2.37 bits per heavy atom. The number of alkyl halides is 2. The number of benzene rings is 2. The van der Waals surface area contributed by atoms with Crippen LogP contribution in [0.5, 0.6) is 5.88 Å². The molecule has 0 saturated heterocycles. The van der Waals surface area contributed by atoms with Crippen LogP contribution in [0.3, 0.4) is 0 Å². The third-order valence-electron chi connectivity index (χ3n) is 3.79. The lowest BCUT2D eigenvalue weighted by atomic mass is 10.1. The SMILES string of the molecule is Cn1nc(C(F)F)cc1OCC(=NOCc1ccccc1)c1ccccc1. The van der Waals surface area contributed by atoms with Gasteiger partial charge in [-0.2, -0.15) is 5.10 Å². The van der Waals surface area contributed by atoms with Gasteiger partial charge in [-0.15, -0.1) is 0 Å². The molecule has 5 nitrogen and oxygen atoms in total. The van der Waals surface area contributed by atoms with E-state index in [-0.39, 0.29) is 18.2 Å². The lowest BCUT2D eigenvalue weighted by molar-refractivity contribution is 0.129. The van der Waals surface area contributed by atoms with Crippen molar-refractivity contribution in [2.75, 3.05) is 6.61 Å². The molecular weight excluding hydrogens is 352 g/mol. The van der Waals surface area contributed by atoms with Gasteiger partial charge in [0.05, 0.1) is 0 Å². The Morgan fingerprint density at radius 1 is 1.07 bits per heavy atom. The number of nitrogens with zero attached hydrogens (tertiary/aromatic N) is 3. The average Bonchev–Trinajstić information content (AvgIpc) is 3.07. The molecule has 3 rings (SSSR count). The third kappa shape index (κ3) is 5.13. The van der Waals surface area contributed by atoms with Crippen molar-refractivity contribution in [1.82, 2.24) is 9.78 Å². The maximum atomic E-state index is 12.8. The van der Waals surface area contributed by atoms with E-state index in [1.165, 1.54) is 10.7 Å². The highest BCUT2D eigenvalue weighted by Crippen LogP contribution is 2.22. The van der Waals surface area contributed by atoms with E-state index in [1.807, 2.05) is 60.7 Å². The van der Waals surface area contributed by atoms with Crippen LogP contribution in [0.1, 0.15) is 23.2 Å². The molecule has 0 aliphatic rings. The monoisotopic (exact) mass is 371 g/mol. The van der Waals surface area contributed by atoms with Gasteiger partial charge in [-0.05, 0) is 5.56 Å².